The lowest BCUT2D eigenvalue weighted by molar-refractivity contribution is -0.00944. The molecule has 6 nitrogen and oxygen atoms in total. The minimum Gasteiger partial charge on any atom is -0.389 e. The Bertz CT molecular complexity index is 1120. The Hall–Kier alpha value is -2.55. The van der Waals surface area contributed by atoms with E-state index in [2.05, 4.69) is 24.3 Å². The van der Waals surface area contributed by atoms with Crippen LogP contribution in [0.15, 0.2) is 83.8 Å². The Morgan fingerprint density at radius 3 is 2.03 bits per heavy atom. The number of aliphatic hydroxyl groups excluding tert-OH is 1. The molecule has 0 aliphatic carbocycles. The Morgan fingerprint density at radius 1 is 0.909 bits per heavy atom. The largest absolute Gasteiger partial charge is 0.389 e. The van der Waals surface area contributed by atoms with E-state index in [0.717, 1.165) is 16.7 Å². The minimum absolute atomic E-state index is 0.0313. The number of ether oxygens (including phenoxy) is 1. The predicted octanol–water partition coefficient (Wildman–Crippen LogP) is 3.80. The van der Waals surface area contributed by atoms with E-state index in [1.807, 2.05) is 56.1 Å². The molecule has 0 amide bonds. The third-order valence-electron chi connectivity index (χ3n) is 5.79. The van der Waals surface area contributed by atoms with Crippen LogP contribution in [0.5, 0.6) is 0 Å². The number of primary sulfonamides is 1. The van der Waals surface area contributed by atoms with Gasteiger partial charge in [-0.25, -0.2) is 13.6 Å². The van der Waals surface area contributed by atoms with Crippen molar-refractivity contribution in [2.75, 3.05) is 20.2 Å². The summed E-state index contributed by atoms with van der Waals surface area (Å²) in [6.45, 7) is 4.62. The molecule has 0 saturated carbocycles. The summed E-state index contributed by atoms with van der Waals surface area (Å²) in [5, 5.41) is 15.9. The molecule has 3 unspecified atom stereocenters. The molecule has 0 fully saturated rings. The highest BCUT2D eigenvalue weighted by Gasteiger charge is 2.20. The lowest BCUT2D eigenvalue weighted by atomic mass is 10.0. The predicted molar refractivity (Wildman–Crippen MR) is 130 cm³/mol. The minimum atomic E-state index is -3.72. The third kappa shape index (κ3) is 6.96. The van der Waals surface area contributed by atoms with Crippen LogP contribution in [-0.2, 0) is 14.8 Å². The van der Waals surface area contributed by atoms with Crippen molar-refractivity contribution in [2.24, 2.45) is 5.14 Å². The zero-order valence-corrected chi connectivity index (χ0v) is 20.1. The zero-order chi connectivity index (χ0) is 24.0. The van der Waals surface area contributed by atoms with Crippen LogP contribution >= 0.6 is 0 Å². The standard InChI is InChI=1S/C26H32N2O4S/c1-19-9-11-23(12-10-19)26(22-7-5-4-6-8-22)32-18-24(29)17-28(3)20(2)21-13-15-25(16-14-21)33(27,30)31/h4-16,20,24,26,29H,17-18H2,1-3H3,(H2,27,30,31). The second-order valence-electron chi connectivity index (χ2n) is 8.42. The molecule has 0 heterocycles. The van der Waals surface area contributed by atoms with Crippen molar-refractivity contribution in [2.45, 2.75) is 37.0 Å². The third-order valence-corrected chi connectivity index (χ3v) is 6.72. The quantitative estimate of drug-likeness (QED) is 0.472. The van der Waals surface area contributed by atoms with Crippen LogP contribution in [0.3, 0.4) is 0 Å². The summed E-state index contributed by atoms with van der Waals surface area (Å²) < 4.78 is 29.1. The van der Waals surface area contributed by atoms with Gasteiger partial charge in [0, 0.05) is 12.6 Å². The van der Waals surface area contributed by atoms with Gasteiger partial charge >= 0.3 is 0 Å². The van der Waals surface area contributed by atoms with Crippen LogP contribution in [0.25, 0.3) is 0 Å². The fourth-order valence-corrected chi connectivity index (χ4v) is 4.21. The summed E-state index contributed by atoms with van der Waals surface area (Å²) in [7, 11) is -1.81. The number of benzene rings is 3. The smallest absolute Gasteiger partial charge is 0.238 e. The number of aliphatic hydroxyl groups is 1. The molecule has 3 atom stereocenters. The topological polar surface area (TPSA) is 92.9 Å². The highest BCUT2D eigenvalue weighted by atomic mass is 32.2. The fraction of sp³-hybridized carbons (Fsp3) is 0.308. The molecule has 0 spiro atoms. The highest BCUT2D eigenvalue weighted by molar-refractivity contribution is 7.89. The van der Waals surface area contributed by atoms with Crippen LogP contribution in [0.4, 0.5) is 0 Å². The monoisotopic (exact) mass is 468 g/mol. The van der Waals surface area contributed by atoms with Gasteiger partial charge in [0.25, 0.3) is 0 Å². The van der Waals surface area contributed by atoms with E-state index in [1.165, 1.54) is 17.7 Å². The zero-order valence-electron chi connectivity index (χ0n) is 19.3. The second-order valence-corrected chi connectivity index (χ2v) is 9.98. The van der Waals surface area contributed by atoms with Gasteiger partial charge in [0.05, 0.1) is 17.6 Å². The molecule has 3 aromatic rings. The second kappa shape index (κ2) is 11.0. The summed E-state index contributed by atoms with van der Waals surface area (Å²) >= 11 is 0. The number of nitrogens with two attached hydrogens (primary N) is 1. The number of hydrogen-bond donors (Lipinski definition) is 2. The first-order valence-corrected chi connectivity index (χ1v) is 12.4. The average Bonchev–Trinajstić information content (AvgIpc) is 2.80. The molecule has 3 N–H and O–H groups in total. The molecule has 176 valence electrons. The van der Waals surface area contributed by atoms with Gasteiger partial charge in [0.2, 0.25) is 10.0 Å². The lowest BCUT2D eigenvalue weighted by Gasteiger charge is -2.28. The number of hydrogen-bond acceptors (Lipinski definition) is 5. The molecule has 0 bridgehead atoms. The van der Waals surface area contributed by atoms with Crippen molar-refractivity contribution in [1.82, 2.24) is 4.90 Å². The normalized spacial score (nSPS) is 14.7. The molecular formula is C26H32N2O4S. The number of sulfonamides is 1. The fourth-order valence-electron chi connectivity index (χ4n) is 3.70. The number of nitrogens with zero attached hydrogens (tertiary/aromatic N) is 1. The number of likely N-dealkylation sites (N-methyl/N-ethyl adjacent to an activating group) is 1. The lowest BCUT2D eigenvalue weighted by Crippen LogP contribution is -2.34. The van der Waals surface area contributed by atoms with Crippen molar-refractivity contribution >= 4 is 10.0 Å². The molecule has 7 heteroatoms. The highest BCUT2D eigenvalue weighted by Crippen LogP contribution is 2.27. The first kappa shape index (κ1) is 25.1. The maximum absolute atomic E-state index is 11.5. The molecule has 0 aromatic heterocycles. The van der Waals surface area contributed by atoms with Crippen LogP contribution < -0.4 is 5.14 Å². The molecule has 0 aliphatic heterocycles. The van der Waals surface area contributed by atoms with E-state index in [1.54, 1.807) is 12.1 Å². The molecule has 3 aromatic carbocycles. The van der Waals surface area contributed by atoms with E-state index >= 15 is 0 Å². The van der Waals surface area contributed by atoms with Crippen molar-refractivity contribution in [1.29, 1.82) is 0 Å². The summed E-state index contributed by atoms with van der Waals surface area (Å²) in [4.78, 5) is 2.08. The summed E-state index contributed by atoms with van der Waals surface area (Å²) in [6, 6.07) is 24.7. The van der Waals surface area contributed by atoms with Gasteiger partial charge in [0.1, 0.15) is 6.10 Å². The van der Waals surface area contributed by atoms with Gasteiger partial charge in [0.15, 0.2) is 0 Å². The van der Waals surface area contributed by atoms with Crippen LogP contribution in [-0.4, -0.2) is 44.7 Å². The van der Waals surface area contributed by atoms with Crippen LogP contribution in [0.2, 0.25) is 0 Å². The van der Waals surface area contributed by atoms with Crippen LogP contribution in [0.1, 0.15) is 41.3 Å². The van der Waals surface area contributed by atoms with Crippen molar-refractivity contribution in [3.05, 3.63) is 101 Å². The summed E-state index contributed by atoms with van der Waals surface area (Å²) in [6.07, 6.45) is -0.965. The first-order valence-electron chi connectivity index (χ1n) is 10.9. The van der Waals surface area contributed by atoms with Gasteiger partial charge < -0.3 is 9.84 Å². The van der Waals surface area contributed by atoms with E-state index in [9.17, 15) is 13.5 Å². The molecular weight excluding hydrogens is 436 g/mol. The maximum Gasteiger partial charge on any atom is 0.238 e. The van der Waals surface area contributed by atoms with Gasteiger partial charge in [-0.15, -0.1) is 0 Å². The van der Waals surface area contributed by atoms with E-state index in [4.69, 9.17) is 9.88 Å². The Kier molecular flexibility index (Phi) is 8.40. The number of aryl methyl sites for hydroxylation is 1. The van der Waals surface area contributed by atoms with Gasteiger partial charge in [-0.1, -0.05) is 72.3 Å². The molecule has 3 rings (SSSR count). The van der Waals surface area contributed by atoms with Crippen molar-refractivity contribution < 1.29 is 18.3 Å². The van der Waals surface area contributed by atoms with Crippen molar-refractivity contribution in [3.8, 4) is 0 Å². The molecule has 0 saturated heterocycles. The Balaban J connectivity index is 1.63. The average molecular weight is 469 g/mol. The van der Waals surface area contributed by atoms with Crippen molar-refractivity contribution in [3.63, 3.8) is 0 Å². The first-order chi connectivity index (χ1) is 15.6. The van der Waals surface area contributed by atoms with E-state index in [0.29, 0.717) is 6.54 Å². The van der Waals surface area contributed by atoms with Gasteiger partial charge in [-0.05, 0) is 49.7 Å². The van der Waals surface area contributed by atoms with Crippen LogP contribution in [0, 0.1) is 6.92 Å². The van der Waals surface area contributed by atoms with E-state index in [-0.39, 0.29) is 23.6 Å². The SMILES string of the molecule is Cc1ccc(C(OCC(O)CN(C)C(C)c2ccc(S(N)(=O)=O)cc2)c2ccccc2)cc1. The summed E-state index contributed by atoms with van der Waals surface area (Å²) in [5.74, 6) is 0. The Morgan fingerprint density at radius 2 is 1.45 bits per heavy atom. The van der Waals surface area contributed by atoms with E-state index < -0.39 is 16.1 Å². The maximum atomic E-state index is 11.5. The molecule has 0 aliphatic rings. The van der Waals surface area contributed by atoms with Gasteiger partial charge in [-0.2, -0.15) is 0 Å². The number of rotatable bonds is 10. The van der Waals surface area contributed by atoms with Gasteiger partial charge in [-0.3, -0.25) is 4.90 Å². The summed E-state index contributed by atoms with van der Waals surface area (Å²) in [5.41, 5.74) is 4.18. The Labute approximate surface area is 196 Å². The molecule has 33 heavy (non-hydrogen) atoms. The molecule has 0 radical (unpaired) electrons.